The van der Waals surface area contributed by atoms with Crippen molar-refractivity contribution >= 4 is 23.4 Å². The number of hydrogen-bond acceptors (Lipinski definition) is 3. The third-order valence-electron chi connectivity index (χ3n) is 2.49. The third kappa shape index (κ3) is 4.79. The molecule has 0 unspecified atom stereocenters. The fourth-order valence-electron chi connectivity index (χ4n) is 1.47. The second-order valence-corrected chi connectivity index (χ2v) is 4.93. The van der Waals surface area contributed by atoms with Gasteiger partial charge in [-0.05, 0) is 30.4 Å². The van der Waals surface area contributed by atoms with Crippen molar-refractivity contribution in [2.75, 3.05) is 23.9 Å². The van der Waals surface area contributed by atoms with Crippen molar-refractivity contribution in [1.82, 2.24) is 0 Å². The minimum Gasteiger partial charge on any atom is -0.396 e. The minimum atomic E-state index is 0.0159. The number of aliphatic hydroxyl groups is 1. The van der Waals surface area contributed by atoms with E-state index in [4.69, 9.17) is 5.11 Å². The fourth-order valence-corrected chi connectivity index (χ4v) is 2.13. The first-order valence-corrected chi connectivity index (χ1v) is 7.06. The van der Waals surface area contributed by atoms with Gasteiger partial charge in [-0.2, -0.15) is 11.8 Å². The number of hydrogen-bond donors (Lipinski definition) is 2. The van der Waals surface area contributed by atoms with E-state index in [2.05, 4.69) is 5.32 Å². The number of anilines is 1. The number of aliphatic hydroxyl groups excluding tert-OH is 1. The summed E-state index contributed by atoms with van der Waals surface area (Å²) in [7, 11) is 0. The molecule has 1 aromatic carbocycles. The molecule has 0 saturated heterocycles. The fraction of sp³-hybridized carbons (Fsp3) is 0.462. The lowest BCUT2D eigenvalue weighted by molar-refractivity contribution is -0.118. The van der Waals surface area contributed by atoms with Crippen LogP contribution in [0.5, 0.6) is 0 Å². The number of thioether (sulfide) groups is 1. The van der Waals surface area contributed by atoms with Gasteiger partial charge < -0.3 is 10.4 Å². The van der Waals surface area contributed by atoms with E-state index in [1.165, 1.54) is 0 Å². The lowest BCUT2D eigenvalue weighted by Gasteiger charge is -2.11. The first-order chi connectivity index (χ1) is 8.17. The van der Waals surface area contributed by atoms with Gasteiger partial charge in [0, 0.05) is 24.0 Å². The zero-order valence-corrected chi connectivity index (χ0v) is 11.1. The number of carbonyl (C=O) groups is 1. The van der Waals surface area contributed by atoms with Gasteiger partial charge in [0.1, 0.15) is 0 Å². The van der Waals surface area contributed by atoms with Crippen LogP contribution in [-0.2, 0) is 11.2 Å². The average Bonchev–Trinajstić information content (AvgIpc) is 2.32. The normalized spacial score (nSPS) is 12.2. The largest absolute Gasteiger partial charge is 0.396 e. The highest BCUT2D eigenvalue weighted by Gasteiger charge is 2.11. The van der Waals surface area contributed by atoms with Crippen LogP contribution < -0.4 is 5.32 Å². The van der Waals surface area contributed by atoms with Crippen LogP contribution in [0.15, 0.2) is 24.3 Å². The van der Waals surface area contributed by atoms with E-state index in [0.717, 1.165) is 17.0 Å². The van der Waals surface area contributed by atoms with Gasteiger partial charge in [-0.25, -0.2) is 0 Å². The summed E-state index contributed by atoms with van der Waals surface area (Å²) in [6, 6.07) is 7.58. The van der Waals surface area contributed by atoms with Gasteiger partial charge in [-0.3, -0.25) is 4.79 Å². The maximum absolute atomic E-state index is 11.7. The quantitative estimate of drug-likeness (QED) is 0.817. The molecular formula is C13H19NO2S. The molecule has 0 aromatic heterocycles. The van der Waals surface area contributed by atoms with Crippen LogP contribution in [0, 0.1) is 5.92 Å². The minimum absolute atomic E-state index is 0.0159. The molecule has 1 rings (SSSR count). The molecule has 0 aliphatic carbocycles. The van der Waals surface area contributed by atoms with Gasteiger partial charge in [0.25, 0.3) is 0 Å². The van der Waals surface area contributed by atoms with Crippen LogP contribution in [0.3, 0.4) is 0 Å². The van der Waals surface area contributed by atoms with Gasteiger partial charge >= 0.3 is 0 Å². The highest BCUT2D eigenvalue weighted by molar-refractivity contribution is 7.98. The van der Waals surface area contributed by atoms with Crippen LogP contribution in [0.4, 0.5) is 5.69 Å². The highest BCUT2D eigenvalue weighted by Crippen LogP contribution is 2.12. The topological polar surface area (TPSA) is 49.3 Å². The average molecular weight is 253 g/mol. The summed E-state index contributed by atoms with van der Waals surface area (Å²) in [6.45, 7) is 2.07. The molecule has 3 nitrogen and oxygen atoms in total. The van der Waals surface area contributed by atoms with E-state index >= 15 is 0 Å². The molecule has 0 heterocycles. The Morgan fingerprint density at radius 2 is 2.06 bits per heavy atom. The van der Waals surface area contributed by atoms with Crippen molar-refractivity contribution in [2.45, 2.75) is 13.3 Å². The Hall–Kier alpha value is -1.00. The van der Waals surface area contributed by atoms with Crippen LogP contribution in [0.2, 0.25) is 0 Å². The molecule has 1 amide bonds. The molecule has 0 aliphatic rings. The van der Waals surface area contributed by atoms with E-state index in [9.17, 15) is 4.79 Å². The van der Waals surface area contributed by atoms with Crippen LogP contribution >= 0.6 is 11.8 Å². The molecule has 4 heteroatoms. The number of benzene rings is 1. The molecule has 1 atom stereocenters. The molecule has 0 spiro atoms. The second kappa shape index (κ2) is 7.35. The smallest absolute Gasteiger partial charge is 0.228 e. The molecular weight excluding hydrogens is 234 g/mol. The predicted molar refractivity (Wildman–Crippen MR) is 73.4 cm³/mol. The zero-order chi connectivity index (χ0) is 12.7. The number of carbonyl (C=O) groups excluding carboxylic acids is 1. The van der Waals surface area contributed by atoms with E-state index in [-0.39, 0.29) is 18.4 Å². The third-order valence-corrected chi connectivity index (χ3v) is 3.32. The van der Waals surface area contributed by atoms with Gasteiger partial charge in [-0.15, -0.1) is 0 Å². The molecule has 0 bridgehead atoms. The van der Waals surface area contributed by atoms with Crippen molar-refractivity contribution in [2.24, 2.45) is 5.92 Å². The zero-order valence-electron chi connectivity index (χ0n) is 10.3. The summed E-state index contributed by atoms with van der Waals surface area (Å²) in [4.78, 5) is 11.7. The van der Waals surface area contributed by atoms with Crippen molar-refractivity contribution in [3.05, 3.63) is 29.8 Å². The predicted octanol–water partition coefficient (Wildman–Crippen LogP) is 2.16. The van der Waals surface area contributed by atoms with E-state index in [1.54, 1.807) is 11.8 Å². The number of nitrogens with one attached hydrogen (secondary N) is 1. The van der Waals surface area contributed by atoms with Crippen molar-refractivity contribution in [3.63, 3.8) is 0 Å². The van der Waals surface area contributed by atoms with Crippen LogP contribution in [-0.4, -0.2) is 29.6 Å². The Labute approximate surface area is 107 Å². The van der Waals surface area contributed by atoms with Crippen LogP contribution in [0.25, 0.3) is 0 Å². The van der Waals surface area contributed by atoms with E-state index in [1.807, 2.05) is 37.4 Å². The first-order valence-electron chi connectivity index (χ1n) is 5.67. The Balaban J connectivity index is 2.53. The molecule has 0 saturated carbocycles. The molecule has 17 heavy (non-hydrogen) atoms. The lowest BCUT2D eigenvalue weighted by Crippen LogP contribution is -2.21. The molecule has 94 valence electrons. The van der Waals surface area contributed by atoms with E-state index < -0.39 is 0 Å². The van der Waals surface area contributed by atoms with Crippen molar-refractivity contribution in [3.8, 4) is 0 Å². The number of amides is 1. The molecule has 0 fully saturated rings. The van der Waals surface area contributed by atoms with Crippen molar-refractivity contribution < 1.29 is 9.90 Å². The maximum atomic E-state index is 11.7. The van der Waals surface area contributed by atoms with Gasteiger partial charge in [0.2, 0.25) is 5.91 Å². The standard InChI is InChI=1S/C13H19NO2S/c1-10(9-17-2)13(16)14-12-5-3-11(4-6-12)7-8-15/h3-6,10,15H,7-9H2,1-2H3,(H,14,16)/t10-/m1/s1. The summed E-state index contributed by atoms with van der Waals surface area (Å²) in [5.41, 5.74) is 1.88. The maximum Gasteiger partial charge on any atom is 0.228 e. The Morgan fingerprint density at radius 3 is 2.59 bits per heavy atom. The lowest BCUT2D eigenvalue weighted by atomic mass is 10.1. The van der Waals surface area contributed by atoms with E-state index in [0.29, 0.717) is 6.42 Å². The molecule has 0 radical (unpaired) electrons. The highest BCUT2D eigenvalue weighted by atomic mass is 32.2. The van der Waals surface area contributed by atoms with Gasteiger partial charge in [-0.1, -0.05) is 19.1 Å². The Bertz CT molecular complexity index is 351. The Kier molecular flexibility index (Phi) is 6.08. The Morgan fingerprint density at radius 1 is 1.41 bits per heavy atom. The summed E-state index contributed by atoms with van der Waals surface area (Å²) in [5.74, 6) is 0.894. The van der Waals surface area contributed by atoms with Crippen molar-refractivity contribution in [1.29, 1.82) is 0 Å². The molecule has 2 N–H and O–H groups in total. The summed E-state index contributed by atoms with van der Waals surface area (Å²) < 4.78 is 0. The second-order valence-electron chi connectivity index (χ2n) is 4.02. The monoisotopic (exact) mass is 253 g/mol. The van der Waals surface area contributed by atoms with Gasteiger partial charge in [0.15, 0.2) is 0 Å². The van der Waals surface area contributed by atoms with Crippen LogP contribution in [0.1, 0.15) is 12.5 Å². The summed E-state index contributed by atoms with van der Waals surface area (Å²) in [6.07, 6.45) is 2.64. The first kappa shape index (κ1) is 14.1. The molecule has 0 aliphatic heterocycles. The SMILES string of the molecule is CSC[C@@H](C)C(=O)Nc1ccc(CCO)cc1. The summed E-state index contributed by atoms with van der Waals surface area (Å²) in [5, 5.41) is 11.7. The van der Waals surface area contributed by atoms with Gasteiger partial charge in [0.05, 0.1) is 0 Å². The molecule has 1 aromatic rings. The number of rotatable bonds is 6. The summed E-state index contributed by atoms with van der Waals surface area (Å²) >= 11 is 1.67.